The van der Waals surface area contributed by atoms with Crippen LogP contribution in [0, 0.1) is 20.8 Å². The van der Waals surface area contributed by atoms with E-state index in [4.69, 9.17) is 5.11 Å². The van der Waals surface area contributed by atoms with Crippen LogP contribution >= 0.6 is 0 Å². The van der Waals surface area contributed by atoms with Gasteiger partial charge < -0.3 is 5.11 Å². The van der Waals surface area contributed by atoms with Crippen molar-refractivity contribution in [3.05, 3.63) is 34.4 Å². The largest absolute Gasteiger partial charge is 0.478 e. The maximum Gasteiger partial charge on any atom is 0.336 e. The molecule has 0 fully saturated rings. The average Bonchev–Trinajstić information content (AvgIpc) is 1.97. The lowest BCUT2D eigenvalue weighted by atomic mass is 9.99. The van der Waals surface area contributed by atoms with Crippen LogP contribution in [0.15, 0.2) is 12.1 Å². The zero-order chi connectivity index (χ0) is 9.30. The van der Waals surface area contributed by atoms with Crippen molar-refractivity contribution in [3.8, 4) is 0 Å². The second-order valence-electron chi connectivity index (χ2n) is 3.00. The highest BCUT2D eigenvalue weighted by atomic mass is 16.4. The van der Waals surface area contributed by atoms with E-state index < -0.39 is 5.97 Å². The van der Waals surface area contributed by atoms with Crippen LogP contribution in [0.1, 0.15) is 27.0 Å². The van der Waals surface area contributed by atoms with Crippen molar-refractivity contribution in [1.82, 2.24) is 0 Å². The Morgan fingerprint density at radius 2 is 1.67 bits per heavy atom. The maximum absolute atomic E-state index is 10.8. The molecule has 64 valence electrons. The third-order valence-electron chi connectivity index (χ3n) is 2.16. The Hall–Kier alpha value is -1.31. The van der Waals surface area contributed by atoms with Crippen molar-refractivity contribution >= 4 is 5.97 Å². The van der Waals surface area contributed by atoms with Gasteiger partial charge in [-0.1, -0.05) is 12.1 Å². The summed E-state index contributed by atoms with van der Waals surface area (Å²) in [4.78, 5) is 10.8. The van der Waals surface area contributed by atoms with Crippen molar-refractivity contribution < 1.29 is 9.90 Å². The first-order valence-electron chi connectivity index (χ1n) is 3.84. The van der Waals surface area contributed by atoms with Gasteiger partial charge in [-0.3, -0.25) is 0 Å². The van der Waals surface area contributed by atoms with Crippen molar-refractivity contribution in [1.29, 1.82) is 0 Å². The standard InChI is InChI=1S/C10H12O2/c1-6-4-5-7(2)9(8(6)3)10(11)12/h4-5H,1-3H3,(H,11,12). The SMILES string of the molecule is Cc1ccc(C)c(C(=O)O)c1C. The van der Waals surface area contributed by atoms with Crippen LogP contribution < -0.4 is 0 Å². The molecule has 1 N–H and O–H groups in total. The molecule has 0 aliphatic heterocycles. The average molecular weight is 164 g/mol. The molecular weight excluding hydrogens is 152 g/mol. The van der Waals surface area contributed by atoms with Crippen molar-refractivity contribution in [2.24, 2.45) is 0 Å². The minimum absolute atomic E-state index is 0.440. The molecule has 0 aliphatic carbocycles. The molecule has 0 atom stereocenters. The normalized spacial score (nSPS) is 9.92. The first kappa shape index (κ1) is 8.78. The van der Waals surface area contributed by atoms with Gasteiger partial charge in [0.2, 0.25) is 0 Å². The maximum atomic E-state index is 10.8. The minimum Gasteiger partial charge on any atom is -0.478 e. The summed E-state index contributed by atoms with van der Waals surface area (Å²) in [6, 6.07) is 3.78. The Balaban J connectivity index is 3.43. The van der Waals surface area contributed by atoms with E-state index in [0.717, 1.165) is 16.7 Å². The summed E-state index contributed by atoms with van der Waals surface area (Å²) in [7, 11) is 0. The van der Waals surface area contributed by atoms with E-state index in [1.165, 1.54) is 0 Å². The molecule has 0 aromatic heterocycles. The quantitative estimate of drug-likeness (QED) is 0.691. The van der Waals surface area contributed by atoms with Crippen LogP contribution in [0.4, 0.5) is 0 Å². The molecule has 0 bridgehead atoms. The number of carboxylic acids is 1. The number of hydrogen-bond donors (Lipinski definition) is 1. The Bertz CT molecular complexity index is 327. The fourth-order valence-corrected chi connectivity index (χ4v) is 1.28. The van der Waals surface area contributed by atoms with Crippen LogP contribution in [0.5, 0.6) is 0 Å². The van der Waals surface area contributed by atoms with E-state index in [9.17, 15) is 4.79 Å². The van der Waals surface area contributed by atoms with E-state index >= 15 is 0 Å². The van der Waals surface area contributed by atoms with Gasteiger partial charge in [0.05, 0.1) is 5.56 Å². The molecule has 12 heavy (non-hydrogen) atoms. The lowest BCUT2D eigenvalue weighted by Gasteiger charge is -2.07. The molecule has 2 heteroatoms. The zero-order valence-electron chi connectivity index (χ0n) is 7.51. The first-order chi connectivity index (χ1) is 5.54. The third kappa shape index (κ3) is 1.33. The second kappa shape index (κ2) is 2.97. The zero-order valence-corrected chi connectivity index (χ0v) is 7.51. The van der Waals surface area contributed by atoms with Gasteiger partial charge >= 0.3 is 5.97 Å². The number of benzene rings is 1. The van der Waals surface area contributed by atoms with E-state index in [1.54, 1.807) is 0 Å². The van der Waals surface area contributed by atoms with E-state index in [0.29, 0.717) is 5.56 Å². The van der Waals surface area contributed by atoms with Gasteiger partial charge in [0.15, 0.2) is 0 Å². The molecular formula is C10H12O2. The van der Waals surface area contributed by atoms with Gasteiger partial charge in [0, 0.05) is 0 Å². The lowest BCUT2D eigenvalue weighted by Crippen LogP contribution is -2.03. The van der Waals surface area contributed by atoms with Gasteiger partial charge in [-0.05, 0) is 37.5 Å². The highest BCUT2D eigenvalue weighted by Crippen LogP contribution is 2.16. The monoisotopic (exact) mass is 164 g/mol. The molecule has 0 amide bonds. The Labute approximate surface area is 71.8 Å². The van der Waals surface area contributed by atoms with E-state index in [2.05, 4.69) is 0 Å². The molecule has 0 unspecified atom stereocenters. The molecule has 1 aromatic rings. The third-order valence-corrected chi connectivity index (χ3v) is 2.16. The van der Waals surface area contributed by atoms with Gasteiger partial charge in [-0.2, -0.15) is 0 Å². The molecule has 0 saturated carbocycles. The number of hydrogen-bond acceptors (Lipinski definition) is 1. The molecule has 1 rings (SSSR count). The van der Waals surface area contributed by atoms with Gasteiger partial charge in [0.1, 0.15) is 0 Å². The fraction of sp³-hybridized carbons (Fsp3) is 0.300. The summed E-state index contributed by atoms with van der Waals surface area (Å²) in [5, 5.41) is 8.87. The molecule has 0 saturated heterocycles. The van der Waals surface area contributed by atoms with Crippen LogP contribution in [0.25, 0.3) is 0 Å². The molecule has 2 nitrogen and oxygen atoms in total. The number of aromatic carboxylic acids is 1. The predicted octanol–water partition coefficient (Wildman–Crippen LogP) is 2.31. The Morgan fingerprint density at radius 3 is 2.08 bits per heavy atom. The summed E-state index contributed by atoms with van der Waals surface area (Å²) in [5.41, 5.74) is 3.15. The number of carbonyl (C=O) groups is 1. The molecule has 0 radical (unpaired) electrons. The van der Waals surface area contributed by atoms with Crippen LogP contribution in [-0.2, 0) is 0 Å². The summed E-state index contributed by atoms with van der Waals surface area (Å²) in [6.45, 7) is 5.57. The highest BCUT2D eigenvalue weighted by Gasteiger charge is 2.11. The van der Waals surface area contributed by atoms with Crippen molar-refractivity contribution in [2.75, 3.05) is 0 Å². The van der Waals surface area contributed by atoms with Crippen molar-refractivity contribution in [3.63, 3.8) is 0 Å². The van der Waals surface area contributed by atoms with Gasteiger partial charge in [-0.25, -0.2) is 4.79 Å². The van der Waals surface area contributed by atoms with E-state index in [-0.39, 0.29) is 0 Å². The number of aryl methyl sites for hydroxylation is 2. The Morgan fingerprint density at radius 1 is 1.17 bits per heavy atom. The molecule has 1 aromatic carbocycles. The highest BCUT2D eigenvalue weighted by molar-refractivity contribution is 5.91. The van der Waals surface area contributed by atoms with Gasteiger partial charge in [-0.15, -0.1) is 0 Å². The first-order valence-corrected chi connectivity index (χ1v) is 3.84. The topological polar surface area (TPSA) is 37.3 Å². The molecule has 0 aliphatic rings. The second-order valence-corrected chi connectivity index (χ2v) is 3.00. The van der Waals surface area contributed by atoms with Gasteiger partial charge in [0.25, 0.3) is 0 Å². The number of rotatable bonds is 1. The Kier molecular flexibility index (Phi) is 2.18. The summed E-state index contributed by atoms with van der Waals surface area (Å²) < 4.78 is 0. The van der Waals surface area contributed by atoms with E-state index in [1.807, 2.05) is 32.9 Å². The smallest absolute Gasteiger partial charge is 0.336 e. The van der Waals surface area contributed by atoms with Crippen molar-refractivity contribution in [2.45, 2.75) is 20.8 Å². The van der Waals surface area contributed by atoms with Crippen LogP contribution in [-0.4, -0.2) is 11.1 Å². The summed E-state index contributed by atoms with van der Waals surface area (Å²) in [5.74, 6) is -0.839. The minimum atomic E-state index is -0.839. The number of carboxylic acid groups (broad SMARTS) is 1. The fourth-order valence-electron chi connectivity index (χ4n) is 1.28. The van der Waals surface area contributed by atoms with Crippen LogP contribution in [0.3, 0.4) is 0 Å². The molecule has 0 spiro atoms. The molecule has 0 heterocycles. The summed E-state index contributed by atoms with van der Waals surface area (Å²) >= 11 is 0. The summed E-state index contributed by atoms with van der Waals surface area (Å²) in [6.07, 6.45) is 0. The predicted molar refractivity (Wildman–Crippen MR) is 47.6 cm³/mol. The van der Waals surface area contributed by atoms with Crippen LogP contribution in [0.2, 0.25) is 0 Å². The lowest BCUT2D eigenvalue weighted by molar-refractivity contribution is 0.0695.